The summed E-state index contributed by atoms with van der Waals surface area (Å²) in [6.07, 6.45) is 5.90. The smallest absolute Gasteiger partial charge is 0.315 e. The Morgan fingerprint density at radius 1 is 1.03 bits per heavy atom. The van der Waals surface area contributed by atoms with Gasteiger partial charge in [0.1, 0.15) is 0 Å². The van der Waals surface area contributed by atoms with E-state index < -0.39 is 5.41 Å². The van der Waals surface area contributed by atoms with Gasteiger partial charge in [0.2, 0.25) is 0 Å². The fraction of sp³-hybridized carbons (Fsp3) is 0.355. The van der Waals surface area contributed by atoms with E-state index in [1.54, 1.807) is 0 Å². The summed E-state index contributed by atoms with van der Waals surface area (Å²) >= 11 is 0. The minimum Gasteiger partial charge on any atom is -0.468 e. The maximum Gasteiger partial charge on any atom is 0.315 e. The van der Waals surface area contributed by atoms with E-state index in [-0.39, 0.29) is 5.97 Å². The van der Waals surface area contributed by atoms with Gasteiger partial charge in [0.05, 0.1) is 29.9 Å². The molecule has 4 heteroatoms. The first-order valence-electron chi connectivity index (χ1n) is 12.5. The molecule has 0 aliphatic rings. The van der Waals surface area contributed by atoms with E-state index in [0.717, 1.165) is 40.7 Å². The topological polar surface area (TPSA) is 44.1 Å². The Labute approximate surface area is 209 Å². The molecular weight excluding hydrogens is 432 g/mol. The Kier molecular flexibility index (Phi) is 6.84. The molecule has 0 aliphatic heterocycles. The third-order valence-electron chi connectivity index (χ3n) is 7.15. The third-order valence-corrected chi connectivity index (χ3v) is 7.15. The number of nitrogens with zero attached hydrogens (tertiary/aromatic N) is 2. The summed E-state index contributed by atoms with van der Waals surface area (Å²) in [5.41, 5.74) is 8.16. The van der Waals surface area contributed by atoms with Gasteiger partial charge in [-0.15, -0.1) is 0 Å². The molecule has 2 heterocycles. The van der Waals surface area contributed by atoms with Crippen molar-refractivity contribution >= 4 is 16.9 Å². The number of pyridine rings is 1. The lowest BCUT2D eigenvalue weighted by Crippen LogP contribution is -2.30. The quantitative estimate of drug-likeness (QED) is 0.266. The van der Waals surface area contributed by atoms with Crippen molar-refractivity contribution in [2.45, 2.75) is 65.7 Å². The van der Waals surface area contributed by atoms with Gasteiger partial charge >= 0.3 is 5.97 Å². The first kappa shape index (κ1) is 24.7. The maximum atomic E-state index is 12.9. The number of methoxy groups -OCH3 is 1. The predicted octanol–water partition coefficient (Wildman–Crippen LogP) is 7.39. The van der Waals surface area contributed by atoms with Crippen LogP contribution in [-0.2, 0) is 27.8 Å². The average molecular weight is 469 g/mol. The van der Waals surface area contributed by atoms with Gasteiger partial charge in [-0.05, 0) is 73.1 Å². The number of hydrogen-bond donors (Lipinski definition) is 0. The largest absolute Gasteiger partial charge is 0.468 e. The molecule has 0 saturated heterocycles. The van der Waals surface area contributed by atoms with Crippen LogP contribution in [0.4, 0.5) is 0 Å². The van der Waals surface area contributed by atoms with Crippen LogP contribution in [0.5, 0.6) is 0 Å². The molecule has 0 atom stereocenters. The molecule has 182 valence electrons. The lowest BCUT2D eigenvalue weighted by molar-refractivity contribution is -0.146. The molecule has 0 aliphatic carbocycles. The third kappa shape index (κ3) is 4.38. The Morgan fingerprint density at radius 3 is 2.20 bits per heavy atom. The van der Waals surface area contributed by atoms with Crippen LogP contribution < -0.4 is 0 Å². The van der Waals surface area contributed by atoms with Crippen molar-refractivity contribution in [3.05, 3.63) is 83.2 Å². The molecule has 2 aromatic carbocycles. The van der Waals surface area contributed by atoms with Gasteiger partial charge in [0.15, 0.2) is 0 Å². The Hall–Kier alpha value is -3.40. The molecular formula is C31H36N2O2. The van der Waals surface area contributed by atoms with E-state index in [1.165, 1.54) is 29.4 Å². The zero-order valence-corrected chi connectivity index (χ0v) is 22.0. The molecule has 0 fully saturated rings. The molecule has 4 aromatic rings. The number of ether oxygens (including phenoxy) is 1. The SMILES string of the molecule is CCc1cccc(CC)c1-c1cc2c(C(C)(C)C(=O)OC)cn(-c3ccc(C(C)C)cc3)c2cn1. The fourth-order valence-corrected chi connectivity index (χ4v) is 4.93. The van der Waals surface area contributed by atoms with E-state index in [9.17, 15) is 4.79 Å². The van der Waals surface area contributed by atoms with Crippen LogP contribution in [0.15, 0.2) is 60.9 Å². The average Bonchev–Trinajstić information content (AvgIpc) is 3.27. The summed E-state index contributed by atoms with van der Waals surface area (Å²) in [5, 5.41) is 1.02. The molecule has 4 nitrogen and oxygen atoms in total. The van der Waals surface area contributed by atoms with Crippen molar-refractivity contribution in [2.75, 3.05) is 7.11 Å². The molecule has 4 rings (SSSR count). The lowest BCUT2D eigenvalue weighted by atomic mass is 9.84. The number of rotatable bonds is 7. The molecule has 2 aromatic heterocycles. The number of carbonyl (C=O) groups is 1. The van der Waals surface area contributed by atoms with E-state index in [0.29, 0.717) is 5.92 Å². The fourth-order valence-electron chi connectivity index (χ4n) is 4.93. The lowest BCUT2D eigenvalue weighted by Gasteiger charge is -2.21. The Balaban J connectivity index is 1.99. The second-order valence-corrected chi connectivity index (χ2v) is 10.0. The van der Waals surface area contributed by atoms with Crippen molar-refractivity contribution in [1.29, 1.82) is 0 Å². The van der Waals surface area contributed by atoms with Crippen molar-refractivity contribution in [3.63, 3.8) is 0 Å². The molecule has 0 amide bonds. The molecule has 0 spiro atoms. The number of esters is 1. The van der Waals surface area contributed by atoms with Crippen molar-refractivity contribution in [2.24, 2.45) is 0 Å². The first-order chi connectivity index (χ1) is 16.7. The number of hydrogen-bond acceptors (Lipinski definition) is 3. The van der Waals surface area contributed by atoms with Gasteiger partial charge in [-0.2, -0.15) is 0 Å². The highest BCUT2D eigenvalue weighted by molar-refractivity contribution is 5.95. The molecule has 0 bridgehead atoms. The number of aromatic nitrogens is 2. The summed E-state index contributed by atoms with van der Waals surface area (Å²) in [6, 6.07) is 17.3. The van der Waals surface area contributed by atoms with Crippen LogP contribution in [0.1, 0.15) is 69.7 Å². The number of aryl methyl sites for hydroxylation is 2. The molecule has 35 heavy (non-hydrogen) atoms. The summed E-state index contributed by atoms with van der Waals surface area (Å²) in [4.78, 5) is 17.8. The molecule has 0 saturated carbocycles. The monoisotopic (exact) mass is 468 g/mol. The second kappa shape index (κ2) is 9.69. The van der Waals surface area contributed by atoms with E-state index in [2.05, 4.69) is 87.0 Å². The van der Waals surface area contributed by atoms with Gasteiger partial charge in [0, 0.05) is 22.8 Å². The summed E-state index contributed by atoms with van der Waals surface area (Å²) < 4.78 is 7.34. The Bertz CT molecular complexity index is 1340. The van der Waals surface area contributed by atoms with Crippen LogP contribution >= 0.6 is 0 Å². The highest BCUT2D eigenvalue weighted by atomic mass is 16.5. The van der Waals surface area contributed by atoms with Crippen molar-refractivity contribution in [3.8, 4) is 16.9 Å². The summed E-state index contributed by atoms with van der Waals surface area (Å²) in [5.74, 6) is 0.211. The Morgan fingerprint density at radius 2 is 1.66 bits per heavy atom. The van der Waals surface area contributed by atoms with Crippen molar-refractivity contribution < 1.29 is 9.53 Å². The minimum absolute atomic E-state index is 0.256. The van der Waals surface area contributed by atoms with E-state index in [1.807, 2.05) is 20.0 Å². The molecule has 0 radical (unpaired) electrons. The summed E-state index contributed by atoms with van der Waals surface area (Å²) in [7, 11) is 1.45. The second-order valence-electron chi connectivity index (χ2n) is 10.0. The van der Waals surface area contributed by atoms with Gasteiger partial charge < -0.3 is 9.30 Å². The predicted molar refractivity (Wildman–Crippen MR) is 144 cm³/mol. The molecule has 0 unspecified atom stereocenters. The maximum absolute atomic E-state index is 12.9. The number of benzene rings is 2. The normalized spacial score (nSPS) is 11.9. The molecule has 0 N–H and O–H groups in total. The first-order valence-corrected chi connectivity index (χ1v) is 12.5. The zero-order valence-electron chi connectivity index (χ0n) is 22.0. The summed E-state index contributed by atoms with van der Waals surface area (Å²) in [6.45, 7) is 12.6. The van der Waals surface area contributed by atoms with E-state index in [4.69, 9.17) is 9.72 Å². The van der Waals surface area contributed by atoms with Crippen LogP contribution in [-0.4, -0.2) is 22.6 Å². The number of fused-ring (bicyclic) bond motifs is 1. The van der Waals surface area contributed by atoms with Crippen molar-refractivity contribution in [1.82, 2.24) is 9.55 Å². The van der Waals surface area contributed by atoms with Crippen LogP contribution in [0.2, 0.25) is 0 Å². The van der Waals surface area contributed by atoms with Crippen LogP contribution in [0.25, 0.3) is 27.8 Å². The van der Waals surface area contributed by atoms with Crippen LogP contribution in [0.3, 0.4) is 0 Å². The van der Waals surface area contributed by atoms with Gasteiger partial charge in [-0.1, -0.05) is 58.0 Å². The minimum atomic E-state index is -0.813. The van der Waals surface area contributed by atoms with Gasteiger partial charge in [0.25, 0.3) is 0 Å². The van der Waals surface area contributed by atoms with E-state index >= 15 is 0 Å². The highest BCUT2D eigenvalue weighted by Crippen LogP contribution is 2.37. The highest BCUT2D eigenvalue weighted by Gasteiger charge is 2.34. The van der Waals surface area contributed by atoms with Gasteiger partial charge in [-0.25, -0.2) is 0 Å². The zero-order chi connectivity index (χ0) is 25.3. The number of carbonyl (C=O) groups excluding carboxylic acids is 1. The standard InChI is InChI=1S/C31H36N2O2/c1-8-21-11-10-12-22(9-2)29(21)27-17-25-26(31(5,6)30(34)35-7)19-33(28(25)18-32-27)24-15-13-23(14-16-24)20(3)4/h10-20H,8-9H2,1-7H3. The van der Waals surface area contributed by atoms with Gasteiger partial charge in [-0.3, -0.25) is 9.78 Å². The van der Waals surface area contributed by atoms with Crippen LogP contribution in [0, 0.1) is 0 Å².